The van der Waals surface area contributed by atoms with Gasteiger partial charge in [-0.25, -0.2) is 8.42 Å². The Labute approximate surface area is 117 Å². The van der Waals surface area contributed by atoms with E-state index in [1.54, 1.807) is 6.92 Å². The predicted molar refractivity (Wildman–Crippen MR) is 76.1 cm³/mol. The van der Waals surface area contributed by atoms with Crippen molar-refractivity contribution in [3.63, 3.8) is 0 Å². The van der Waals surface area contributed by atoms with Crippen LogP contribution in [-0.4, -0.2) is 43.6 Å². The van der Waals surface area contributed by atoms with Crippen LogP contribution in [0, 0.1) is 11.3 Å². The van der Waals surface area contributed by atoms with E-state index in [1.807, 2.05) is 13.0 Å². The Hall–Kier alpha value is -0.640. The first-order valence-corrected chi connectivity index (χ1v) is 8.68. The molecule has 5 nitrogen and oxygen atoms in total. The molecule has 2 unspecified atom stereocenters. The fourth-order valence-electron chi connectivity index (χ4n) is 2.36. The van der Waals surface area contributed by atoms with Gasteiger partial charge in [0.1, 0.15) is 0 Å². The molecule has 0 bridgehead atoms. The molecule has 0 aromatic carbocycles. The van der Waals surface area contributed by atoms with Gasteiger partial charge in [0.25, 0.3) is 0 Å². The Morgan fingerprint density at radius 1 is 1.47 bits per heavy atom. The Morgan fingerprint density at radius 2 is 2.21 bits per heavy atom. The van der Waals surface area contributed by atoms with Crippen molar-refractivity contribution in [1.29, 1.82) is 5.26 Å². The third-order valence-corrected chi connectivity index (χ3v) is 5.79. The molecule has 1 heterocycles. The lowest BCUT2D eigenvalue weighted by Crippen LogP contribution is -2.45. The van der Waals surface area contributed by atoms with Crippen LogP contribution in [0.15, 0.2) is 0 Å². The van der Waals surface area contributed by atoms with Gasteiger partial charge in [-0.05, 0) is 32.2 Å². The van der Waals surface area contributed by atoms with Crippen LogP contribution in [0.1, 0.15) is 46.0 Å². The van der Waals surface area contributed by atoms with Gasteiger partial charge in [0, 0.05) is 19.1 Å². The van der Waals surface area contributed by atoms with Gasteiger partial charge in [0.15, 0.2) is 5.25 Å². The Balaban J connectivity index is 2.79. The molecular formula is C13H25N3O2S. The standard InChI is InChI=1S/C13H25N3O2S/c1-3-5-9-16(11-12-7-6-8-15-12)19(17,18)13(4-2)10-14/h12-13,15H,3-9,11H2,1-2H3. The van der Waals surface area contributed by atoms with Crippen LogP contribution >= 0.6 is 0 Å². The van der Waals surface area contributed by atoms with E-state index in [-0.39, 0.29) is 6.04 Å². The van der Waals surface area contributed by atoms with E-state index < -0.39 is 15.3 Å². The average molecular weight is 287 g/mol. The minimum absolute atomic E-state index is 0.239. The van der Waals surface area contributed by atoms with E-state index in [4.69, 9.17) is 5.26 Å². The molecule has 1 N–H and O–H groups in total. The van der Waals surface area contributed by atoms with Crippen molar-refractivity contribution in [2.45, 2.75) is 57.2 Å². The highest BCUT2D eigenvalue weighted by Gasteiger charge is 2.32. The third-order valence-electron chi connectivity index (χ3n) is 3.58. The van der Waals surface area contributed by atoms with Gasteiger partial charge in [-0.1, -0.05) is 20.3 Å². The summed E-state index contributed by atoms with van der Waals surface area (Å²) in [5.41, 5.74) is 0. The lowest BCUT2D eigenvalue weighted by Gasteiger charge is -2.26. The Bertz CT molecular complexity index is 397. The SMILES string of the molecule is CCCCN(CC1CCCN1)S(=O)(=O)C(C#N)CC. The molecule has 0 saturated carbocycles. The molecule has 2 atom stereocenters. The Kier molecular flexibility index (Phi) is 6.76. The second kappa shape index (κ2) is 7.83. The first-order valence-electron chi connectivity index (χ1n) is 7.18. The quantitative estimate of drug-likeness (QED) is 0.734. The molecule has 1 aliphatic rings. The van der Waals surface area contributed by atoms with Crippen LogP contribution in [0.4, 0.5) is 0 Å². The van der Waals surface area contributed by atoms with Gasteiger partial charge in [-0.2, -0.15) is 9.57 Å². The summed E-state index contributed by atoms with van der Waals surface area (Å²) in [6.45, 7) is 5.77. The molecule has 1 rings (SSSR count). The summed E-state index contributed by atoms with van der Waals surface area (Å²) in [5.74, 6) is 0. The number of hydrogen-bond acceptors (Lipinski definition) is 4. The molecule has 0 aromatic heterocycles. The van der Waals surface area contributed by atoms with Gasteiger partial charge in [-0.3, -0.25) is 0 Å². The van der Waals surface area contributed by atoms with E-state index >= 15 is 0 Å². The molecule has 0 radical (unpaired) electrons. The second-order valence-electron chi connectivity index (χ2n) is 5.08. The number of nitriles is 1. The largest absolute Gasteiger partial charge is 0.313 e. The first kappa shape index (κ1) is 16.4. The number of unbranched alkanes of at least 4 members (excludes halogenated alkanes) is 1. The van der Waals surface area contributed by atoms with Gasteiger partial charge in [0.2, 0.25) is 10.0 Å². The summed E-state index contributed by atoms with van der Waals surface area (Å²) in [6, 6.07) is 2.16. The smallest absolute Gasteiger partial charge is 0.230 e. The van der Waals surface area contributed by atoms with Gasteiger partial charge in [0.05, 0.1) is 6.07 Å². The van der Waals surface area contributed by atoms with Gasteiger partial charge in [-0.15, -0.1) is 0 Å². The topological polar surface area (TPSA) is 73.2 Å². The highest BCUT2D eigenvalue weighted by molar-refractivity contribution is 7.90. The van der Waals surface area contributed by atoms with E-state index in [2.05, 4.69) is 5.32 Å². The molecule has 19 heavy (non-hydrogen) atoms. The van der Waals surface area contributed by atoms with Crippen molar-refractivity contribution in [3.8, 4) is 6.07 Å². The van der Waals surface area contributed by atoms with Gasteiger partial charge < -0.3 is 5.32 Å². The highest BCUT2D eigenvalue weighted by atomic mass is 32.2. The summed E-state index contributed by atoms with van der Waals surface area (Å²) in [5, 5.41) is 11.4. The zero-order chi connectivity index (χ0) is 14.3. The summed E-state index contributed by atoms with van der Waals surface area (Å²) < 4.78 is 26.4. The van der Waals surface area contributed by atoms with Crippen LogP contribution in [0.3, 0.4) is 0 Å². The fraction of sp³-hybridized carbons (Fsp3) is 0.923. The van der Waals surface area contributed by atoms with E-state index in [0.717, 1.165) is 32.2 Å². The zero-order valence-corrected chi connectivity index (χ0v) is 12.7. The van der Waals surface area contributed by atoms with Crippen molar-refractivity contribution < 1.29 is 8.42 Å². The maximum Gasteiger partial charge on any atom is 0.230 e. The maximum atomic E-state index is 12.5. The monoisotopic (exact) mass is 287 g/mol. The minimum Gasteiger partial charge on any atom is -0.313 e. The van der Waals surface area contributed by atoms with Crippen molar-refractivity contribution in [2.24, 2.45) is 0 Å². The number of hydrogen-bond donors (Lipinski definition) is 1. The van der Waals surface area contributed by atoms with Crippen LogP contribution in [-0.2, 0) is 10.0 Å². The lowest BCUT2D eigenvalue weighted by atomic mass is 10.2. The maximum absolute atomic E-state index is 12.5. The van der Waals surface area contributed by atoms with Crippen LogP contribution in [0.5, 0.6) is 0 Å². The molecule has 0 aromatic rings. The van der Waals surface area contributed by atoms with Crippen LogP contribution in [0.2, 0.25) is 0 Å². The van der Waals surface area contributed by atoms with Gasteiger partial charge >= 0.3 is 0 Å². The van der Waals surface area contributed by atoms with Crippen molar-refractivity contribution in [2.75, 3.05) is 19.6 Å². The molecular weight excluding hydrogens is 262 g/mol. The molecule has 0 spiro atoms. The molecule has 1 saturated heterocycles. The van der Waals surface area contributed by atoms with E-state index in [0.29, 0.717) is 19.5 Å². The summed E-state index contributed by atoms with van der Waals surface area (Å²) >= 11 is 0. The van der Waals surface area contributed by atoms with Crippen LogP contribution < -0.4 is 5.32 Å². The van der Waals surface area contributed by atoms with E-state index in [9.17, 15) is 8.42 Å². The fourth-order valence-corrected chi connectivity index (χ4v) is 4.05. The Morgan fingerprint density at radius 3 is 2.68 bits per heavy atom. The third kappa shape index (κ3) is 4.44. The number of nitrogens with zero attached hydrogens (tertiary/aromatic N) is 2. The molecule has 0 amide bonds. The summed E-state index contributed by atoms with van der Waals surface area (Å²) in [4.78, 5) is 0. The first-order chi connectivity index (χ1) is 9.06. The number of sulfonamides is 1. The second-order valence-corrected chi connectivity index (χ2v) is 7.19. The number of rotatable bonds is 8. The molecule has 110 valence electrons. The molecule has 1 fully saturated rings. The van der Waals surface area contributed by atoms with E-state index in [1.165, 1.54) is 4.31 Å². The minimum atomic E-state index is -3.49. The molecule has 0 aliphatic carbocycles. The normalized spacial score (nSPS) is 21.5. The predicted octanol–water partition coefficient (Wildman–Crippen LogP) is 1.47. The van der Waals surface area contributed by atoms with Crippen molar-refractivity contribution in [1.82, 2.24) is 9.62 Å². The average Bonchev–Trinajstić information content (AvgIpc) is 2.88. The summed E-state index contributed by atoms with van der Waals surface area (Å²) in [7, 11) is -3.49. The summed E-state index contributed by atoms with van der Waals surface area (Å²) in [6.07, 6.45) is 4.25. The number of nitrogens with one attached hydrogen (secondary N) is 1. The lowest BCUT2D eigenvalue weighted by molar-refractivity contribution is 0.361. The van der Waals surface area contributed by atoms with Crippen molar-refractivity contribution >= 4 is 10.0 Å². The van der Waals surface area contributed by atoms with Crippen LogP contribution in [0.25, 0.3) is 0 Å². The highest BCUT2D eigenvalue weighted by Crippen LogP contribution is 2.16. The molecule has 1 aliphatic heterocycles. The zero-order valence-electron chi connectivity index (χ0n) is 11.9. The molecule has 6 heteroatoms. The van der Waals surface area contributed by atoms with Crippen molar-refractivity contribution in [3.05, 3.63) is 0 Å².